The van der Waals surface area contributed by atoms with E-state index >= 15 is 0 Å². The Balaban J connectivity index is 1.63. The lowest BCUT2D eigenvalue weighted by molar-refractivity contribution is 0.0767. The topological polar surface area (TPSA) is 95.4 Å². The van der Waals surface area contributed by atoms with Crippen LogP contribution < -0.4 is 5.32 Å². The van der Waals surface area contributed by atoms with Gasteiger partial charge < -0.3 is 15.3 Å². The predicted molar refractivity (Wildman–Crippen MR) is 78.3 cm³/mol. The van der Waals surface area contributed by atoms with Crippen molar-refractivity contribution in [3.8, 4) is 11.4 Å². The van der Waals surface area contributed by atoms with E-state index in [0.717, 1.165) is 0 Å². The molecule has 1 aliphatic rings. The molecule has 8 heteroatoms. The van der Waals surface area contributed by atoms with Gasteiger partial charge in [0.2, 0.25) is 0 Å². The molecule has 2 amide bonds. The van der Waals surface area contributed by atoms with Crippen LogP contribution in [-0.2, 0) is 0 Å². The minimum Gasteiger partial charge on any atom is -0.465 e. The van der Waals surface area contributed by atoms with Crippen LogP contribution in [0.1, 0.15) is 10.4 Å². The van der Waals surface area contributed by atoms with Gasteiger partial charge >= 0.3 is 6.09 Å². The molecular formula is C15H13FN4O3. The summed E-state index contributed by atoms with van der Waals surface area (Å²) in [6.45, 7) is 0.534. The van der Waals surface area contributed by atoms with Crippen molar-refractivity contribution < 1.29 is 19.1 Å². The minimum absolute atomic E-state index is 0.207. The number of carbonyl (C=O) groups is 2. The lowest BCUT2D eigenvalue weighted by Gasteiger charge is -2.37. The number of amides is 2. The summed E-state index contributed by atoms with van der Waals surface area (Å²) in [5, 5.41) is 11.4. The van der Waals surface area contributed by atoms with Gasteiger partial charge in [-0.2, -0.15) is 0 Å². The zero-order valence-electron chi connectivity index (χ0n) is 11.9. The van der Waals surface area contributed by atoms with E-state index in [-0.39, 0.29) is 36.4 Å². The molecule has 1 aromatic heterocycles. The highest BCUT2D eigenvalue weighted by atomic mass is 19.1. The van der Waals surface area contributed by atoms with E-state index in [4.69, 9.17) is 5.11 Å². The molecule has 1 saturated heterocycles. The maximum atomic E-state index is 13.2. The summed E-state index contributed by atoms with van der Waals surface area (Å²) >= 11 is 0. The fraction of sp³-hybridized carbons (Fsp3) is 0.200. The number of rotatable bonds is 3. The summed E-state index contributed by atoms with van der Waals surface area (Å²) in [7, 11) is 0. The SMILES string of the molecule is O=C(NC1CN(C(=O)O)C1)c1cnc(-c2cccc(F)c2)nc1. The van der Waals surface area contributed by atoms with Crippen LogP contribution in [0.15, 0.2) is 36.7 Å². The Morgan fingerprint density at radius 3 is 2.57 bits per heavy atom. The average molecular weight is 316 g/mol. The number of nitrogens with one attached hydrogen (secondary N) is 1. The highest BCUT2D eigenvalue weighted by molar-refractivity contribution is 5.94. The quantitative estimate of drug-likeness (QED) is 0.892. The third-order valence-electron chi connectivity index (χ3n) is 3.48. The van der Waals surface area contributed by atoms with E-state index in [0.29, 0.717) is 11.4 Å². The Kier molecular flexibility index (Phi) is 3.88. The smallest absolute Gasteiger partial charge is 0.407 e. The van der Waals surface area contributed by atoms with E-state index in [9.17, 15) is 14.0 Å². The van der Waals surface area contributed by atoms with Crippen LogP contribution in [-0.4, -0.2) is 51.1 Å². The van der Waals surface area contributed by atoms with Crippen molar-refractivity contribution in [2.45, 2.75) is 6.04 Å². The predicted octanol–water partition coefficient (Wildman–Crippen LogP) is 1.37. The van der Waals surface area contributed by atoms with Crippen molar-refractivity contribution in [2.75, 3.05) is 13.1 Å². The van der Waals surface area contributed by atoms with Crippen LogP contribution in [0.2, 0.25) is 0 Å². The van der Waals surface area contributed by atoms with Crippen molar-refractivity contribution in [2.24, 2.45) is 0 Å². The van der Waals surface area contributed by atoms with Crippen LogP contribution in [0.3, 0.4) is 0 Å². The van der Waals surface area contributed by atoms with Crippen molar-refractivity contribution in [3.05, 3.63) is 48.0 Å². The first-order valence-corrected chi connectivity index (χ1v) is 6.89. The molecule has 1 fully saturated rings. The minimum atomic E-state index is -1.00. The van der Waals surface area contributed by atoms with E-state index in [1.807, 2.05) is 0 Å². The molecule has 0 saturated carbocycles. The van der Waals surface area contributed by atoms with Crippen LogP contribution in [0.5, 0.6) is 0 Å². The summed E-state index contributed by atoms with van der Waals surface area (Å²) in [5.41, 5.74) is 0.784. The Bertz CT molecular complexity index is 745. The number of aromatic nitrogens is 2. The molecule has 0 spiro atoms. The molecule has 1 aromatic carbocycles. The first-order valence-electron chi connectivity index (χ1n) is 6.89. The molecule has 0 atom stereocenters. The highest BCUT2D eigenvalue weighted by Crippen LogP contribution is 2.15. The number of carbonyl (C=O) groups excluding carboxylic acids is 1. The Labute approximate surface area is 130 Å². The number of carboxylic acid groups (broad SMARTS) is 1. The normalized spacial score (nSPS) is 14.2. The van der Waals surface area contributed by atoms with E-state index < -0.39 is 6.09 Å². The summed E-state index contributed by atoms with van der Waals surface area (Å²) in [6.07, 6.45) is 1.71. The van der Waals surface area contributed by atoms with E-state index in [1.165, 1.54) is 29.4 Å². The number of hydrogen-bond donors (Lipinski definition) is 2. The van der Waals surface area contributed by atoms with Crippen molar-refractivity contribution in [3.63, 3.8) is 0 Å². The van der Waals surface area contributed by atoms with Gasteiger partial charge in [-0.1, -0.05) is 12.1 Å². The number of likely N-dealkylation sites (tertiary alicyclic amines) is 1. The zero-order valence-corrected chi connectivity index (χ0v) is 11.9. The second-order valence-electron chi connectivity index (χ2n) is 5.16. The van der Waals surface area contributed by atoms with Gasteiger partial charge in [-0.05, 0) is 12.1 Å². The molecule has 7 nitrogen and oxygen atoms in total. The van der Waals surface area contributed by atoms with Gasteiger partial charge in [0.25, 0.3) is 5.91 Å². The maximum Gasteiger partial charge on any atom is 0.407 e. The Morgan fingerprint density at radius 2 is 1.96 bits per heavy atom. The molecule has 2 heterocycles. The van der Waals surface area contributed by atoms with E-state index in [1.54, 1.807) is 12.1 Å². The molecule has 0 aliphatic carbocycles. The van der Waals surface area contributed by atoms with Gasteiger partial charge in [-0.15, -0.1) is 0 Å². The lowest BCUT2D eigenvalue weighted by Crippen LogP contribution is -2.60. The van der Waals surface area contributed by atoms with Crippen molar-refractivity contribution in [1.82, 2.24) is 20.2 Å². The van der Waals surface area contributed by atoms with Crippen LogP contribution in [0, 0.1) is 5.82 Å². The van der Waals surface area contributed by atoms with Gasteiger partial charge in [0.1, 0.15) is 5.82 Å². The van der Waals surface area contributed by atoms with Crippen LogP contribution in [0.25, 0.3) is 11.4 Å². The Morgan fingerprint density at radius 1 is 1.26 bits per heavy atom. The molecule has 2 N–H and O–H groups in total. The van der Waals surface area contributed by atoms with E-state index in [2.05, 4.69) is 15.3 Å². The second kappa shape index (κ2) is 5.99. The second-order valence-corrected chi connectivity index (χ2v) is 5.16. The standard InChI is InChI=1S/C15H13FN4O3/c16-11-3-1-2-9(4-11)13-17-5-10(6-18-13)14(21)19-12-7-20(8-12)15(22)23/h1-6,12H,7-8H2,(H,19,21)(H,22,23). The Hall–Kier alpha value is -3.03. The molecule has 0 unspecified atom stereocenters. The molecule has 3 rings (SSSR count). The maximum absolute atomic E-state index is 13.2. The summed E-state index contributed by atoms with van der Waals surface area (Å²) in [6, 6.07) is 5.65. The number of halogens is 1. The molecule has 0 radical (unpaired) electrons. The molecule has 23 heavy (non-hydrogen) atoms. The third-order valence-corrected chi connectivity index (χ3v) is 3.48. The van der Waals surface area contributed by atoms with Gasteiger partial charge in [0.15, 0.2) is 5.82 Å². The monoisotopic (exact) mass is 316 g/mol. The summed E-state index contributed by atoms with van der Waals surface area (Å²) < 4.78 is 13.2. The van der Waals surface area contributed by atoms with Gasteiger partial charge in [0.05, 0.1) is 11.6 Å². The van der Waals surface area contributed by atoms with Gasteiger partial charge in [-0.25, -0.2) is 19.2 Å². The zero-order chi connectivity index (χ0) is 16.4. The molecule has 2 aromatic rings. The number of benzene rings is 1. The molecule has 1 aliphatic heterocycles. The number of hydrogen-bond acceptors (Lipinski definition) is 4. The molecule has 118 valence electrons. The lowest BCUT2D eigenvalue weighted by atomic mass is 10.1. The average Bonchev–Trinajstić information content (AvgIpc) is 2.50. The van der Waals surface area contributed by atoms with Gasteiger partial charge in [0, 0.05) is 31.0 Å². The molecule has 0 bridgehead atoms. The third kappa shape index (κ3) is 3.25. The molecular weight excluding hydrogens is 303 g/mol. The largest absolute Gasteiger partial charge is 0.465 e. The number of nitrogens with zero attached hydrogens (tertiary/aromatic N) is 3. The van der Waals surface area contributed by atoms with Crippen molar-refractivity contribution in [1.29, 1.82) is 0 Å². The first-order chi connectivity index (χ1) is 11.0. The highest BCUT2D eigenvalue weighted by Gasteiger charge is 2.31. The fourth-order valence-corrected chi connectivity index (χ4v) is 2.22. The summed E-state index contributed by atoms with van der Waals surface area (Å²) in [4.78, 5) is 32.0. The first kappa shape index (κ1) is 14.9. The summed E-state index contributed by atoms with van der Waals surface area (Å²) in [5.74, 6) is -0.437. The van der Waals surface area contributed by atoms with Crippen LogP contribution in [0.4, 0.5) is 9.18 Å². The van der Waals surface area contributed by atoms with Gasteiger partial charge in [-0.3, -0.25) is 4.79 Å². The van der Waals surface area contributed by atoms with Crippen molar-refractivity contribution >= 4 is 12.0 Å². The van der Waals surface area contributed by atoms with Crippen LogP contribution >= 0.6 is 0 Å². The fourth-order valence-electron chi connectivity index (χ4n) is 2.22.